The normalized spacial score (nSPS) is 12.2. The van der Waals surface area contributed by atoms with Crippen LogP contribution >= 0.6 is 0 Å². The van der Waals surface area contributed by atoms with Crippen LogP contribution < -0.4 is 11.1 Å². The SMILES string of the molecule is CC(C)(C)S(=O)(=O)CCCC(=O)Nc1ccc(F)cc1N. The number of sulfone groups is 1. The Kier molecular flexibility index (Phi) is 5.33. The van der Waals surface area contributed by atoms with E-state index in [0.29, 0.717) is 5.69 Å². The number of hydrogen-bond acceptors (Lipinski definition) is 4. The van der Waals surface area contributed by atoms with Gasteiger partial charge in [-0.15, -0.1) is 0 Å². The van der Waals surface area contributed by atoms with Crippen molar-refractivity contribution in [3.8, 4) is 0 Å². The number of amides is 1. The van der Waals surface area contributed by atoms with Crippen molar-refractivity contribution in [1.82, 2.24) is 0 Å². The van der Waals surface area contributed by atoms with E-state index >= 15 is 0 Å². The summed E-state index contributed by atoms with van der Waals surface area (Å²) in [6.07, 6.45) is 0.290. The molecule has 0 aromatic heterocycles. The zero-order valence-electron chi connectivity index (χ0n) is 12.4. The molecule has 0 spiro atoms. The van der Waals surface area contributed by atoms with E-state index in [1.807, 2.05) is 0 Å². The number of hydrogen-bond donors (Lipinski definition) is 2. The lowest BCUT2D eigenvalue weighted by Crippen LogP contribution is -2.30. The minimum absolute atomic E-state index is 0.0528. The lowest BCUT2D eigenvalue weighted by molar-refractivity contribution is -0.116. The van der Waals surface area contributed by atoms with Gasteiger partial charge in [-0.2, -0.15) is 0 Å². The number of nitrogens with two attached hydrogens (primary N) is 1. The maximum atomic E-state index is 12.9. The Morgan fingerprint density at radius 3 is 2.48 bits per heavy atom. The Hall–Kier alpha value is -1.63. The van der Waals surface area contributed by atoms with E-state index in [9.17, 15) is 17.6 Å². The molecule has 0 bridgehead atoms. The van der Waals surface area contributed by atoms with E-state index in [0.717, 1.165) is 6.07 Å². The summed E-state index contributed by atoms with van der Waals surface area (Å²) in [6, 6.07) is 3.67. The van der Waals surface area contributed by atoms with E-state index in [2.05, 4.69) is 5.32 Å². The van der Waals surface area contributed by atoms with Crippen LogP contribution in [0.5, 0.6) is 0 Å². The molecular formula is C14H21FN2O3S. The number of rotatable bonds is 5. The molecule has 5 nitrogen and oxygen atoms in total. The zero-order valence-corrected chi connectivity index (χ0v) is 13.3. The van der Waals surface area contributed by atoms with Crippen LogP contribution in [0, 0.1) is 5.82 Å². The predicted molar refractivity (Wildman–Crippen MR) is 82.2 cm³/mol. The third-order valence-electron chi connectivity index (χ3n) is 3.04. The molecule has 0 saturated heterocycles. The van der Waals surface area contributed by atoms with Crippen LogP contribution in [0.4, 0.5) is 15.8 Å². The van der Waals surface area contributed by atoms with Gasteiger partial charge in [0.05, 0.1) is 21.9 Å². The molecule has 118 valence electrons. The third-order valence-corrected chi connectivity index (χ3v) is 5.73. The van der Waals surface area contributed by atoms with E-state index < -0.39 is 20.4 Å². The van der Waals surface area contributed by atoms with Crippen molar-refractivity contribution < 1.29 is 17.6 Å². The maximum Gasteiger partial charge on any atom is 0.224 e. The standard InChI is InChI=1S/C14H21FN2O3S/c1-14(2,3)21(19,20)8-4-5-13(18)17-12-7-6-10(15)9-11(12)16/h6-7,9H,4-5,8,16H2,1-3H3,(H,17,18). The predicted octanol–water partition coefficient (Wildman–Crippen LogP) is 2.34. The Morgan fingerprint density at radius 2 is 1.95 bits per heavy atom. The highest BCUT2D eigenvalue weighted by molar-refractivity contribution is 7.92. The van der Waals surface area contributed by atoms with Crippen LogP contribution in [0.3, 0.4) is 0 Å². The van der Waals surface area contributed by atoms with Crippen LogP contribution in [0.1, 0.15) is 33.6 Å². The second-order valence-electron chi connectivity index (χ2n) is 5.81. The van der Waals surface area contributed by atoms with Gasteiger partial charge in [-0.1, -0.05) is 0 Å². The average molecular weight is 316 g/mol. The number of anilines is 2. The molecule has 0 saturated carbocycles. The number of carbonyl (C=O) groups excluding carboxylic acids is 1. The zero-order chi connectivity index (χ0) is 16.3. The average Bonchev–Trinajstić information content (AvgIpc) is 2.31. The van der Waals surface area contributed by atoms with Gasteiger partial charge in [-0.25, -0.2) is 12.8 Å². The molecule has 0 heterocycles. The molecule has 0 atom stereocenters. The van der Waals surface area contributed by atoms with Gasteiger partial charge in [-0.3, -0.25) is 4.79 Å². The quantitative estimate of drug-likeness (QED) is 0.816. The summed E-state index contributed by atoms with van der Waals surface area (Å²) in [7, 11) is -3.23. The van der Waals surface area contributed by atoms with E-state index in [1.165, 1.54) is 12.1 Å². The Balaban J connectivity index is 2.52. The van der Waals surface area contributed by atoms with Crippen LogP contribution in [0.15, 0.2) is 18.2 Å². The highest BCUT2D eigenvalue weighted by Crippen LogP contribution is 2.20. The van der Waals surface area contributed by atoms with Gasteiger partial charge in [0, 0.05) is 6.42 Å². The fraction of sp³-hybridized carbons (Fsp3) is 0.500. The molecule has 1 aromatic rings. The van der Waals surface area contributed by atoms with Crippen LogP contribution in [-0.4, -0.2) is 24.8 Å². The molecule has 1 rings (SSSR count). The van der Waals surface area contributed by atoms with Crippen LogP contribution in [0.2, 0.25) is 0 Å². The fourth-order valence-electron chi connectivity index (χ4n) is 1.59. The van der Waals surface area contributed by atoms with Crippen LogP contribution in [0.25, 0.3) is 0 Å². The molecule has 3 N–H and O–H groups in total. The molecule has 0 fully saturated rings. The second kappa shape index (κ2) is 6.43. The van der Waals surface area contributed by atoms with E-state index in [1.54, 1.807) is 20.8 Å². The summed E-state index contributed by atoms with van der Waals surface area (Å²) in [4.78, 5) is 11.7. The second-order valence-corrected chi connectivity index (χ2v) is 8.68. The van der Waals surface area contributed by atoms with Gasteiger partial charge in [-0.05, 0) is 45.4 Å². The van der Waals surface area contributed by atoms with Gasteiger partial charge in [0.2, 0.25) is 5.91 Å². The first-order chi connectivity index (χ1) is 9.53. The molecule has 0 aliphatic heterocycles. The topological polar surface area (TPSA) is 89.3 Å². The number of carbonyl (C=O) groups is 1. The molecule has 7 heteroatoms. The van der Waals surface area contributed by atoms with Crippen LogP contribution in [-0.2, 0) is 14.6 Å². The maximum absolute atomic E-state index is 12.9. The minimum atomic E-state index is -3.23. The summed E-state index contributed by atoms with van der Waals surface area (Å²) in [6.45, 7) is 4.88. The molecule has 0 radical (unpaired) electrons. The number of nitrogens with one attached hydrogen (secondary N) is 1. The lowest BCUT2D eigenvalue weighted by Gasteiger charge is -2.18. The van der Waals surface area contributed by atoms with E-state index in [-0.39, 0.29) is 30.2 Å². The molecule has 21 heavy (non-hydrogen) atoms. The molecule has 0 aliphatic rings. The summed E-state index contributed by atoms with van der Waals surface area (Å²) in [5.74, 6) is -0.887. The molecular weight excluding hydrogens is 295 g/mol. The van der Waals surface area contributed by atoms with Crippen molar-refractivity contribution >= 4 is 27.1 Å². The van der Waals surface area contributed by atoms with Gasteiger partial charge in [0.1, 0.15) is 5.82 Å². The van der Waals surface area contributed by atoms with Crippen molar-refractivity contribution in [2.24, 2.45) is 0 Å². The van der Waals surface area contributed by atoms with Crippen molar-refractivity contribution in [2.75, 3.05) is 16.8 Å². The number of nitrogen functional groups attached to an aromatic ring is 1. The van der Waals surface area contributed by atoms with Gasteiger partial charge < -0.3 is 11.1 Å². The lowest BCUT2D eigenvalue weighted by atomic mass is 10.2. The Bertz CT molecular complexity index is 622. The molecule has 0 unspecified atom stereocenters. The minimum Gasteiger partial charge on any atom is -0.397 e. The first-order valence-corrected chi connectivity index (χ1v) is 8.25. The summed E-state index contributed by atoms with van der Waals surface area (Å²) in [5.41, 5.74) is 6.02. The first kappa shape index (κ1) is 17.4. The highest BCUT2D eigenvalue weighted by atomic mass is 32.2. The van der Waals surface area contributed by atoms with Crippen molar-refractivity contribution in [3.05, 3.63) is 24.0 Å². The molecule has 0 aliphatic carbocycles. The third kappa shape index (κ3) is 5.00. The first-order valence-electron chi connectivity index (χ1n) is 6.60. The summed E-state index contributed by atoms with van der Waals surface area (Å²) < 4.78 is 35.8. The monoisotopic (exact) mass is 316 g/mol. The number of benzene rings is 1. The summed E-state index contributed by atoms with van der Waals surface area (Å²) >= 11 is 0. The molecule has 1 aromatic carbocycles. The Labute approximate surface area is 124 Å². The van der Waals surface area contributed by atoms with Gasteiger partial charge in [0.15, 0.2) is 9.84 Å². The highest BCUT2D eigenvalue weighted by Gasteiger charge is 2.28. The largest absolute Gasteiger partial charge is 0.397 e. The Morgan fingerprint density at radius 1 is 1.33 bits per heavy atom. The van der Waals surface area contributed by atoms with Gasteiger partial charge >= 0.3 is 0 Å². The number of halogens is 1. The fourth-order valence-corrected chi connectivity index (χ4v) is 2.73. The van der Waals surface area contributed by atoms with Crippen molar-refractivity contribution in [3.63, 3.8) is 0 Å². The van der Waals surface area contributed by atoms with E-state index in [4.69, 9.17) is 5.73 Å². The van der Waals surface area contributed by atoms with Crippen molar-refractivity contribution in [2.45, 2.75) is 38.4 Å². The smallest absolute Gasteiger partial charge is 0.224 e. The van der Waals surface area contributed by atoms with Crippen molar-refractivity contribution in [1.29, 1.82) is 0 Å². The molecule has 1 amide bonds. The summed E-state index contributed by atoms with van der Waals surface area (Å²) in [5, 5.41) is 2.54. The van der Waals surface area contributed by atoms with Gasteiger partial charge in [0.25, 0.3) is 0 Å².